The molecule has 0 N–H and O–H groups in total. The molecule has 0 saturated carbocycles. The Hall–Kier alpha value is -1.55. The maximum Gasteiger partial charge on any atom is 0.410 e. The van der Waals surface area contributed by atoms with Crippen molar-refractivity contribution in [2.24, 2.45) is 0 Å². The fraction of sp³-hybridized carbons (Fsp3) is 0.533. The Balaban J connectivity index is 1.64. The molecule has 2 aliphatic rings. The molecule has 2 fully saturated rings. The van der Waals surface area contributed by atoms with Gasteiger partial charge in [-0.05, 0) is 31.5 Å². The third-order valence-corrected chi connectivity index (χ3v) is 3.94. The molecule has 1 aromatic carbocycles. The molecule has 4 nitrogen and oxygen atoms in total. The third kappa shape index (κ3) is 2.89. The SMILES string of the molecule is O=C1OCC(CN2CCCC2)N1Cc1ccccc1. The minimum absolute atomic E-state index is 0.173. The highest BCUT2D eigenvalue weighted by Crippen LogP contribution is 2.19. The quantitative estimate of drug-likeness (QED) is 0.831. The molecule has 2 saturated heterocycles. The fourth-order valence-corrected chi connectivity index (χ4v) is 2.88. The number of likely N-dealkylation sites (tertiary alicyclic amines) is 1. The molecule has 0 radical (unpaired) electrons. The van der Waals surface area contributed by atoms with E-state index in [0.29, 0.717) is 13.2 Å². The first kappa shape index (κ1) is 12.5. The predicted octanol–water partition coefficient (Wildman–Crippen LogP) is 2.10. The van der Waals surface area contributed by atoms with Crippen molar-refractivity contribution in [1.82, 2.24) is 9.80 Å². The van der Waals surface area contributed by atoms with E-state index in [4.69, 9.17) is 4.74 Å². The zero-order chi connectivity index (χ0) is 13.1. The summed E-state index contributed by atoms with van der Waals surface area (Å²) in [5.74, 6) is 0. The van der Waals surface area contributed by atoms with Crippen LogP contribution < -0.4 is 0 Å². The third-order valence-electron chi connectivity index (χ3n) is 3.94. The van der Waals surface area contributed by atoms with Crippen molar-refractivity contribution in [1.29, 1.82) is 0 Å². The fourth-order valence-electron chi connectivity index (χ4n) is 2.88. The van der Waals surface area contributed by atoms with Crippen molar-refractivity contribution >= 4 is 6.09 Å². The lowest BCUT2D eigenvalue weighted by molar-refractivity contribution is 0.154. The first-order valence-corrected chi connectivity index (χ1v) is 7.02. The second-order valence-corrected chi connectivity index (χ2v) is 5.35. The minimum Gasteiger partial charge on any atom is -0.447 e. The maximum absolute atomic E-state index is 11.8. The van der Waals surface area contributed by atoms with Crippen LogP contribution in [-0.2, 0) is 11.3 Å². The summed E-state index contributed by atoms with van der Waals surface area (Å²) >= 11 is 0. The number of ether oxygens (including phenoxy) is 1. The van der Waals surface area contributed by atoms with Crippen LogP contribution in [0.1, 0.15) is 18.4 Å². The molecule has 2 aliphatic heterocycles. The Morgan fingerprint density at radius 2 is 1.89 bits per heavy atom. The monoisotopic (exact) mass is 260 g/mol. The Labute approximate surface area is 113 Å². The number of hydrogen-bond donors (Lipinski definition) is 0. The van der Waals surface area contributed by atoms with E-state index in [1.807, 2.05) is 23.1 Å². The van der Waals surface area contributed by atoms with Crippen molar-refractivity contribution in [2.75, 3.05) is 26.2 Å². The standard InChI is InChI=1S/C15H20N2O2/c18-15-17(10-13-6-2-1-3-7-13)14(12-19-15)11-16-8-4-5-9-16/h1-3,6-7,14H,4-5,8-12H2. The van der Waals surface area contributed by atoms with Crippen LogP contribution in [0.25, 0.3) is 0 Å². The van der Waals surface area contributed by atoms with Gasteiger partial charge in [0.15, 0.2) is 0 Å². The minimum atomic E-state index is -0.173. The predicted molar refractivity (Wildman–Crippen MR) is 72.8 cm³/mol. The van der Waals surface area contributed by atoms with Crippen molar-refractivity contribution in [3.63, 3.8) is 0 Å². The van der Waals surface area contributed by atoms with E-state index in [0.717, 1.165) is 25.2 Å². The topological polar surface area (TPSA) is 32.8 Å². The van der Waals surface area contributed by atoms with Gasteiger partial charge in [0.25, 0.3) is 0 Å². The average molecular weight is 260 g/mol. The zero-order valence-electron chi connectivity index (χ0n) is 11.1. The molecule has 0 spiro atoms. The summed E-state index contributed by atoms with van der Waals surface area (Å²) in [4.78, 5) is 16.2. The van der Waals surface area contributed by atoms with Crippen LogP contribution in [0.15, 0.2) is 30.3 Å². The summed E-state index contributed by atoms with van der Waals surface area (Å²) in [7, 11) is 0. The molecule has 1 aromatic rings. The second-order valence-electron chi connectivity index (χ2n) is 5.35. The molecule has 19 heavy (non-hydrogen) atoms. The lowest BCUT2D eigenvalue weighted by Gasteiger charge is -2.25. The summed E-state index contributed by atoms with van der Waals surface area (Å²) in [5.41, 5.74) is 1.16. The average Bonchev–Trinajstić information content (AvgIpc) is 3.05. The van der Waals surface area contributed by atoms with Gasteiger partial charge in [0.2, 0.25) is 0 Å². The van der Waals surface area contributed by atoms with Gasteiger partial charge in [-0.15, -0.1) is 0 Å². The molecule has 2 heterocycles. The maximum atomic E-state index is 11.8. The lowest BCUT2D eigenvalue weighted by atomic mass is 10.2. The summed E-state index contributed by atoms with van der Waals surface area (Å²) in [6.07, 6.45) is 2.38. The number of carbonyl (C=O) groups is 1. The number of carbonyl (C=O) groups excluding carboxylic acids is 1. The highest BCUT2D eigenvalue weighted by Gasteiger charge is 2.34. The molecular formula is C15H20N2O2. The van der Waals surface area contributed by atoms with E-state index in [9.17, 15) is 4.79 Å². The number of amides is 1. The molecule has 1 atom stereocenters. The highest BCUT2D eigenvalue weighted by atomic mass is 16.6. The van der Waals surface area contributed by atoms with Crippen LogP contribution in [0.2, 0.25) is 0 Å². The molecule has 0 bridgehead atoms. The van der Waals surface area contributed by atoms with Crippen molar-refractivity contribution in [2.45, 2.75) is 25.4 Å². The normalized spacial score (nSPS) is 23.9. The molecule has 3 rings (SSSR count). The number of hydrogen-bond acceptors (Lipinski definition) is 3. The first-order valence-electron chi connectivity index (χ1n) is 7.02. The van der Waals surface area contributed by atoms with Crippen LogP contribution in [0.3, 0.4) is 0 Å². The van der Waals surface area contributed by atoms with E-state index in [1.165, 1.54) is 12.8 Å². The molecule has 102 valence electrons. The van der Waals surface area contributed by atoms with Gasteiger partial charge in [-0.3, -0.25) is 4.90 Å². The van der Waals surface area contributed by atoms with Gasteiger partial charge in [0.1, 0.15) is 6.61 Å². The summed E-state index contributed by atoms with van der Waals surface area (Å²) in [5, 5.41) is 0. The summed E-state index contributed by atoms with van der Waals surface area (Å²) in [6.45, 7) is 4.44. The van der Waals surface area contributed by atoms with Gasteiger partial charge < -0.3 is 9.64 Å². The van der Waals surface area contributed by atoms with Crippen LogP contribution in [0.5, 0.6) is 0 Å². The van der Waals surface area contributed by atoms with Crippen LogP contribution in [-0.4, -0.2) is 48.2 Å². The van der Waals surface area contributed by atoms with Crippen molar-refractivity contribution < 1.29 is 9.53 Å². The van der Waals surface area contributed by atoms with E-state index in [-0.39, 0.29) is 12.1 Å². The zero-order valence-corrected chi connectivity index (χ0v) is 11.1. The highest BCUT2D eigenvalue weighted by molar-refractivity contribution is 5.70. The summed E-state index contributed by atoms with van der Waals surface area (Å²) in [6, 6.07) is 10.3. The van der Waals surface area contributed by atoms with Gasteiger partial charge in [-0.1, -0.05) is 30.3 Å². The van der Waals surface area contributed by atoms with E-state index >= 15 is 0 Å². The van der Waals surface area contributed by atoms with E-state index in [2.05, 4.69) is 17.0 Å². The Kier molecular flexibility index (Phi) is 3.69. The van der Waals surface area contributed by atoms with E-state index in [1.54, 1.807) is 0 Å². The van der Waals surface area contributed by atoms with Gasteiger partial charge in [0.05, 0.1) is 6.04 Å². The Morgan fingerprint density at radius 1 is 1.16 bits per heavy atom. The van der Waals surface area contributed by atoms with Crippen molar-refractivity contribution in [3.8, 4) is 0 Å². The molecular weight excluding hydrogens is 240 g/mol. The van der Waals surface area contributed by atoms with Gasteiger partial charge in [-0.2, -0.15) is 0 Å². The largest absolute Gasteiger partial charge is 0.447 e. The number of benzene rings is 1. The number of cyclic esters (lactones) is 1. The smallest absolute Gasteiger partial charge is 0.410 e. The Morgan fingerprint density at radius 3 is 2.63 bits per heavy atom. The van der Waals surface area contributed by atoms with Crippen LogP contribution in [0, 0.1) is 0 Å². The number of nitrogens with zero attached hydrogens (tertiary/aromatic N) is 2. The lowest BCUT2D eigenvalue weighted by Crippen LogP contribution is -2.41. The summed E-state index contributed by atoms with van der Waals surface area (Å²) < 4.78 is 5.22. The van der Waals surface area contributed by atoms with Gasteiger partial charge in [-0.25, -0.2) is 4.79 Å². The van der Waals surface area contributed by atoms with Crippen LogP contribution in [0.4, 0.5) is 4.79 Å². The van der Waals surface area contributed by atoms with Gasteiger partial charge in [0, 0.05) is 13.1 Å². The van der Waals surface area contributed by atoms with Crippen LogP contribution >= 0.6 is 0 Å². The van der Waals surface area contributed by atoms with Gasteiger partial charge >= 0.3 is 6.09 Å². The van der Waals surface area contributed by atoms with Crippen molar-refractivity contribution in [3.05, 3.63) is 35.9 Å². The molecule has 0 aliphatic carbocycles. The molecule has 0 aromatic heterocycles. The molecule has 4 heteroatoms. The second kappa shape index (κ2) is 5.61. The first-order chi connectivity index (χ1) is 9.33. The number of rotatable bonds is 4. The van der Waals surface area contributed by atoms with E-state index < -0.39 is 0 Å². The Bertz CT molecular complexity index is 429. The molecule has 1 unspecified atom stereocenters. The molecule has 1 amide bonds.